The van der Waals surface area contributed by atoms with E-state index < -0.39 is 17.9 Å². The van der Waals surface area contributed by atoms with E-state index in [1.54, 1.807) is 0 Å². The molecule has 2 N–H and O–H groups in total. The van der Waals surface area contributed by atoms with Crippen LogP contribution in [0.5, 0.6) is 11.5 Å². The maximum absolute atomic E-state index is 13.4. The van der Waals surface area contributed by atoms with Gasteiger partial charge >= 0.3 is 0 Å². The molecule has 3 aromatic rings. The van der Waals surface area contributed by atoms with Crippen molar-refractivity contribution in [3.8, 4) is 22.6 Å². The van der Waals surface area contributed by atoms with Gasteiger partial charge in [-0.3, -0.25) is 9.59 Å². The lowest BCUT2D eigenvalue weighted by atomic mass is 9.86. The summed E-state index contributed by atoms with van der Waals surface area (Å²) in [5, 5.41) is 11.6. The number of ketones is 1. The number of amides is 1. The van der Waals surface area contributed by atoms with Crippen molar-refractivity contribution >= 4 is 17.4 Å². The average molecular weight is 460 g/mol. The third-order valence-electron chi connectivity index (χ3n) is 6.82. The van der Waals surface area contributed by atoms with Gasteiger partial charge in [-0.05, 0) is 84.3 Å². The predicted octanol–water partition coefficient (Wildman–Crippen LogP) is 4.72. The van der Waals surface area contributed by atoms with Crippen LogP contribution in [0.2, 0.25) is 0 Å². The predicted molar refractivity (Wildman–Crippen MR) is 131 cm³/mol. The summed E-state index contributed by atoms with van der Waals surface area (Å²) >= 11 is 0. The first-order valence-electron chi connectivity index (χ1n) is 11.4. The molecule has 0 unspecified atom stereocenters. The lowest BCUT2D eigenvalue weighted by molar-refractivity contribution is -0.121. The second-order valence-electron chi connectivity index (χ2n) is 9.14. The van der Waals surface area contributed by atoms with Gasteiger partial charge in [-0.15, -0.1) is 0 Å². The Bertz CT molecular complexity index is 1300. The van der Waals surface area contributed by atoms with Crippen molar-refractivity contribution in [1.29, 1.82) is 0 Å². The number of fused-ring (bicyclic) bond motifs is 1. The summed E-state index contributed by atoms with van der Waals surface area (Å²) in [7, 11) is 0. The van der Waals surface area contributed by atoms with Gasteiger partial charge in [0.15, 0.2) is 11.5 Å². The molecule has 1 saturated carbocycles. The molecule has 1 fully saturated rings. The Hall–Kier alpha value is -3.64. The van der Waals surface area contributed by atoms with Crippen LogP contribution in [0.25, 0.3) is 11.1 Å². The zero-order valence-electron chi connectivity index (χ0n) is 19.3. The number of carbonyl (C=O) groups excluding carboxylic acids is 2. The van der Waals surface area contributed by atoms with Crippen molar-refractivity contribution in [2.24, 2.45) is 0 Å². The van der Waals surface area contributed by atoms with E-state index in [1.165, 1.54) is 0 Å². The number of Topliss-reactive ketones (excluding diaryl/α,β-unsaturated/α-hetero) is 1. The van der Waals surface area contributed by atoms with E-state index >= 15 is 0 Å². The van der Waals surface area contributed by atoms with Crippen LogP contribution >= 0.6 is 0 Å². The van der Waals surface area contributed by atoms with Gasteiger partial charge in [0.25, 0.3) is 0 Å². The number of rotatable bonds is 7. The molecule has 0 bridgehead atoms. The Kier molecular flexibility index (Phi) is 5.62. The zero-order chi connectivity index (χ0) is 23.9. The molecule has 176 valence electrons. The van der Waals surface area contributed by atoms with Crippen LogP contribution in [0, 0.1) is 13.8 Å². The summed E-state index contributed by atoms with van der Waals surface area (Å²) in [6.45, 7) is 3.71. The molecule has 0 saturated heterocycles. The fourth-order valence-corrected chi connectivity index (χ4v) is 4.72. The molecule has 0 aromatic heterocycles. The molecule has 1 heterocycles. The van der Waals surface area contributed by atoms with E-state index in [1.807, 2.05) is 49.4 Å². The van der Waals surface area contributed by atoms with Crippen LogP contribution in [0.3, 0.4) is 0 Å². The number of ether oxygens (including phenoxy) is 2. The number of aliphatic hydroxyl groups is 1. The Balaban J connectivity index is 0.00000289. The summed E-state index contributed by atoms with van der Waals surface area (Å²) in [6, 6.07) is 17.7. The fourth-order valence-electron chi connectivity index (χ4n) is 4.72. The van der Waals surface area contributed by atoms with Crippen molar-refractivity contribution in [1.82, 2.24) is 0 Å². The van der Waals surface area contributed by atoms with Gasteiger partial charge in [0.05, 0.1) is 5.41 Å². The van der Waals surface area contributed by atoms with Crippen molar-refractivity contribution in [2.45, 2.75) is 38.5 Å². The van der Waals surface area contributed by atoms with E-state index in [4.69, 9.17) is 14.6 Å². The topological polar surface area (TPSA) is 84.9 Å². The SMILES string of the molecule is Cc1cc(NC(=O)CO)ccc1-c1cc(CC(=O)C2(c3ccc4c(c3)OCO4)CC2)ccc1C.[HH]. The maximum Gasteiger partial charge on any atom is 0.250 e. The number of anilines is 1. The standard InChI is InChI=1S/C28H27NO5.H2/c1-17-3-4-19(12-23(17)22-7-6-21(11-18(22)2)29-27(32)15-30)13-26(31)28(9-10-28)20-5-8-24-25(14-20)34-16-33-24;/h3-8,11-12,14,30H,9-10,13,15-16H2,1-2H3,(H,29,32);1H. The van der Waals surface area contributed by atoms with Crippen LogP contribution < -0.4 is 14.8 Å². The van der Waals surface area contributed by atoms with Gasteiger partial charge in [0.2, 0.25) is 12.7 Å². The summed E-state index contributed by atoms with van der Waals surface area (Å²) in [5.74, 6) is 1.22. The minimum Gasteiger partial charge on any atom is -0.454 e. The van der Waals surface area contributed by atoms with Crippen LogP contribution in [-0.2, 0) is 21.4 Å². The minimum atomic E-state index is -0.552. The van der Waals surface area contributed by atoms with E-state index in [-0.39, 0.29) is 14.0 Å². The lowest BCUT2D eigenvalue weighted by Gasteiger charge is -2.17. The second kappa shape index (κ2) is 8.61. The smallest absolute Gasteiger partial charge is 0.250 e. The number of hydrogen-bond donors (Lipinski definition) is 2. The molecule has 5 rings (SSSR count). The Morgan fingerprint density at radius 2 is 1.74 bits per heavy atom. The summed E-state index contributed by atoms with van der Waals surface area (Å²) in [6.07, 6.45) is 2.07. The maximum atomic E-state index is 13.4. The fraction of sp³-hybridized carbons (Fsp3) is 0.286. The van der Waals surface area contributed by atoms with Gasteiger partial charge in [0.1, 0.15) is 12.4 Å². The van der Waals surface area contributed by atoms with Gasteiger partial charge in [-0.1, -0.05) is 30.3 Å². The molecule has 3 aromatic carbocycles. The molecular formula is C28H29NO5. The van der Waals surface area contributed by atoms with Gasteiger partial charge in [-0.25, -0.2) is 0 Å². The molecule has 0 spiro atoms. The summed E-state index contributed by atoms with van der Waals surface area (Å²) in [5.41, 5.74) is 6.42. The van der Waals surface area contributed by atoms with Crippen LogP contribution in [0.15, 0.2) is 54.6 Å². The molecule has 6 heteroatoms. The molecule has 1 aliphatic heterocycles. The highest BCUT2D eigenvalue weighted by molar-refractivity contribution is 5.95. The molecular weight excluding hydrogens is 430 g/mol. The van der Waals surface area contributed by atoms with E-state index in [9.17, 15) is 9.59 Å². The molecule has 1 aliphatic carbocycles. The first-order valence-corrected chi connectivity index (χ1v) is 11.4. The quantitative estimate of drug-likeness (QED) is 0.534. The van der Waals surface area contributed by atoms with Crippen LogP contribution in [0.4, 0.5) is 5.69 Å². The zero-order valence-corrected chi connectivity index (χ0v) is 19.3. The van der Waals surface area contributed by atoms with Gasteiger partial charge in [-0.2, -0.15) is 0 Å². The summed E-state index contributed by atoms with van der Waals surface area (Å²) < 4.78 is 10.9. The number of nitrogens with one attached hydrogen (secondary N) is 1. The molecule has 2 aliphatic rings. The Labute approximate surface area is 200 Å². The number of hydrogen-bond acceptors (Lipinski definition) is 5. The largest absolute Gasteiger partial charge is 0.454 e. The molecule has 0 radical (unpaired) electrons. The molecule has 0 atom stereocenters. The minimum absolute atomic E-state index is 0. The van der Waals surface area contributed by atoms with Crippen molar-refractivity contribution < 1.29 is 25.6 Å². The molecule has 1 amide bonds. The highest BCUT2D eigenvalue weighted by Gasteiger charge is 2.50. The Morgan fingerprint density at radius 1 is 0.941 bits per heavy atom. The van der Waals surface area contributed by atoms with Gasteiger partial charge in [0, 0.05) is 13.5 Å². The first kappa shape index (κ1) is 22.2. The van der Waals surface area contributed by atoms with Crippen molar-refractivity contribution in [3.63, 3.8) is 0 Å². The highest BCUT2D eigenvalue weighted by atomic mass is 16.7. The first-order chi connectivity index (χ1) is 16.4. The van der Waals surface area contributed by atoms with E-state index in [2.05, 4.69) is 24.4 Å². The molecule has 34 heavy (non-hydrogen) atoms. The lowest BCUT2D eigenvalue weighted by Crippen LogP contribution is -2.22. The van der Waals surface area contributed by atoms with Crippen molar-refractivity contribution in [2.75, 3.05) is 18.7 Å². The number of benzene rings is 3. The average Bonchev–Trinajstić information content (AvgIpc) is 3.51. The molecule has 6 nitrogen and oxygen atoms in total. The highest BCUT2D eigenvalue weighted by Crippen LogP contribution is 2.51. The third kappa shape index (κ3) is 4.05. The second-order valence-corrected chi connectivity index (χ2v) is 9.14. The van der Waals surface area contributed by atoms with Crippen LogP contribution in [-0.4, -0.2) is 30.2 Å². The van der Waals surface area contributed by atoms with E-state index in [0.717, 1.165) is 52.0 Å². The van der Waals surface area contributed by atoms with Crippen molar-refractivity contribution in [3.05, 3.63) is 76.9 Å². The van der Waals surface area contributed by atoms with Gasteiger partial charge < -0.3 is 19.9 Å². The number of aryl methyl sites for hydroxylation is 2. The third-order valence-corrected chi connectivity index (χ3v) is 6.82. The number of aliphatic hydroxyl groups excluding tert-OH is 1. The van der Waals surface area contributed by atoms with Crippen LogP contribution in [0.1, 0.15) is 36.5 Å². The summed E-state index contributed by atoms with van der Waals surface area (Å²) in [4.78, 5) is 24.9. The van der Waals surface area contributed by atoms with E-state index in [0.29, 0.717) is 17.9 Å². The number of carbonyl (C=O) groups is 2. The monoisotopic (exact) mass is 459 g/mol. The normalized spacial score (nSPS) is 15.1. The Morgan fingerprint density at radius 3 is 2.47 bits per heavy atom.